The number of thioether (sulfide) groups is 1. The smallest absolute Gasteiger partial charge is 0.293 e. The van der Waals surface area contributed by atoms with E-state index >= 15 is 0 Å². The van der Waals surface area contributed by atoms with Crippen molar-refractivity contribution in [2.75, 3.05) is 0 Å². The van der Waals surface area contributed by atoms with Crippen LogP contribution in [0.25, 0.3) is 16.8 Å². The van der Waals surface area contributed by atoms with E-state index in [2.05, 4.69) is 40.2 Å². The van der Waals surface area contributed by atoms with Crippen molar-refractivity contribution in [2.45, 2.75) is 13.2 Å². The maximum absolute atomic E-state index is 12.8. The highest BCUT2D eigenvalue weighted by atomic mass is 79.9. The molecule has 0 unspecified atom stereocenters. The molecule has 1 heterocycles. The number of nitrogens with zero attached hydrogens (tertiary/aromatic N) is 1. The summed E-state index contributed by atoms with van der Waals surface area (Å²) in [5.41, 5.74) is 2.86. The molecule has 168 valence electrons. The molecule has 0 N–H and O–H groups in total. The second-order valence-electron chi connectivity index (χ2n) is 7.89. The van der Waals surface area contributed by atoms with Crippen LogP contribution in [0.1, 0.15) is 16.7 Å². The number of ether oxygens (including phenoxy) is 1. The van der Waals surface area contributed by atoms with Crippen LogP contribution in [0.5, 0.6) is 5.75 Å². The molecule has 2 amide bonds. The molecule has 34 heavy (non-hydrogen) atoms. The Balaban J connectivity index is 1.26. The van der Waals surface area contributed by atoms with Crippen LogP contribution in [0.3, 0.4) is 0 Å². The van der Waals surface area contributed by atoms with Gasteiger partial charge in [-0.2, -0.15) is 0 Å². The highest BCUT2D eigenvalue weighted by Crippen LogP contribution is 2.34. The molecular weight excluding hydrogens is 510 g/mol. The summed E-state index contributed by atoms with van der Waals surface area (Å²) in [5.74, 6) is 0.471. The van der Waals surface area contributed by atoms with Gasteiger partial charge in [-0.15, -0.1) is 0 Å². The van der Waals surface area contributed by atoms with Gasteiger partial charge in [-0.1, -0.05) is 82.7 Å². The third kappa shape index (κ3) is 4.93. The van der Waals surface area contributed by atoms with E-state index in [0.717, 1.165) is 38.7 Å². The first-order valence-corrected chi connectivity index (χ1v) is 12.4. The Labute approximate surface area is 210 Å². The maximum atomic E-state index is 12.8. The van der Waals surface area contributed by atoms with Crippen molar-refractivity contribution in [3.05, 3.63) is 117 Å². The van der Waals surface area contributed by atoms with E-state index in [1.807, 2.05) is 66.7 Å². The number of carbonyl (C=O) groups excluding carboxylic acids is 2. The van der Waals surface area contributed by atoms with Crippen LogP contribution < -0.4 is 4.74 Å². The van der Waals surface area contributed by atoms with Crippen LogP contribution in [0.15, 0.2) is 100 Å². The second-order valence-corrected chi connectivity index (χ2v) is 9.80. The zero-order chi connectivity index (χ0) is 23.5. The molecule has 4 aromatic carbocycles. The van der Waals surface area contributed by atoms with Crippen molar-refractivity contribution in [3.63, 3.8) is 0 Å². The molecule has 0 bridgehead atoms. The fraction of sp³-hybridized carbons (Fsp3) is 0.0714. The van der Waals surface area contributed by atoms with Crippen molar-refractivity contribution >= 4 is 55.7 Å². The molecule has 0 saturated carbocycles. The Morgan fingerprint density at radius 2 is 1.65 bits per heavy atom. The second kappa shape index (κ2) is 9.87. The predicted octanol–water partition coefficient (Wildman–Crippen LogP) is 7.42. The number of amides is 2. The lowest BCUT2D eigenvalue weighted by atomic mass is 10.1. The third-order valence-electron chi connectivity index (χ3n) is 5.56. The van der Waals surface area contributed by atoms with Crippen molar-refractivity contribution < 1.29 is 14.3 Å². The van der Waals surface area contributed by atoms with Crippen molar-refractivity contribution in [3.8, 4) is 5.75 Å². The lowest BCUT2D eigenvalue weighted by Gasteiger charge is -2.12. The normalized spacial score (nSPS) is 14.9. The molecule has 5 rings (SSSR count). The van der Waals surface area contributed by atoms with Gasteiger partial charge in [0.05, 0.1) is 11.4 Å². The Morgan fingerprint density at radius 3 is 2.47 bits per heavy atom. The summed E-state index contributed by atoms with van der Waals surface area (Å²) in [6.45, 7) is 0.720. The number of fused-ring (bicyclic) bond motifs is 1. The minimum atomic E-state index is -0.272. The molecular formula is C28H20BrNO3S. The van der Waals surface area contributed by atoms with Crippen LogP contribution in [0, 0.1) is 0 Å². The van der Waals surface area contributed by atoms with Crippen LogP contribution in [-0.2, 0) is 17.9 Å². The first kappa shape index (κ1) is 22.4. The Hall–Kier alpha value is -3.35. The van der Waals surface area contributed by atoms with Gasteiger partial charge in [0.15, 0.2) is 0 Å². The zero-order valence-corrected chi connectivity index (χ0v) is 20.5. The summed E-state index contributed by atoms with van der Waals surface area (Å²) in [5, 5.41) is 2.11. The van der Waals surface area contributed by atoms with Crippen LogP contribution in [0.2, 0.25) is 0 Å². The number of halogens is 1. The van der Waals surface area contributed by atoms with Crippen molar-refractivity contribution in [1.29, 1.82) is 0 Å². The van der Waals surface area contributed by atoms with E-state index in [9.17, 15) is 9.59 Å². The molecule has 6 heteroatoms. The van der Waals surface area contributed by atoms with E-state index in [1.165, 1.54) is 15.7 Å². The van der Waals surface area contributed by atoms with E-state index < -0.39 is 0 Å². The Bertz CT molecular complexity index is 1410. The first-order valence-electron chi connectivity index (χ1n) is 10.8. The summed E-state index contributed by atoms with van der Waals surface area (Å²) >= 11 is 4.39. The topological polar surface area (TPSA) is 46.6 Å². The van der Waals surface area contributed by atoms with Gasteiger partial charge in [0, 0.05) is 4.47 Å². The van der Waals surface area contributed by atoms with Gasteiger partial charge in [0.25, 0.3) is 11.1 Å². The minimum absolute atomic E-state index is 0.252. The Morgan fingerprint density at radius 1 is 0.882 bits per heavy atom. The number of imide groups is 1. The maximum Gasteiger partial charge on any atom is 0.293 e. The van der Waals surface area contributed by atoms with Gasteiger partial charge in [0.1, 0.15) is 12.4 Å². The molecule has 0 spiro atoms. The molecule has 4 nitrogen and oxygen atoms in total. The Kier molecular flexibility index (Phi) is 6.52. The van der Waals surface area contributed by atoms with Crippen molar-refractivity contribution in [1.82, 2.24) is 4.90 Å². The molecule has 1 aliphatic rings. The number of hydrogen-bond donors (Lipinski definition) is 0. The molecule has 0 aromatic heterocycles. The van der Waals surface area contributed by atoms with E-state index in [0.29, 0.717) is 11.5 Å². The molecule has 1 aliphatic heterocycles. The average Bonchev–Trinajstić information content (AvgIpc) is 3.11. The highest BCUT2D eigenvalue weighted by Gasteiger charge is 2.34. The van der Waals surface area contributed by atoms with E-state index in [4.69, 9.17) is 4.74 Å². The summed E-state index contributed by atoms with van der Waals surface area (Å²) in [6, 6.07) is 29.6. The first-order chi connectivity index (χ1) is 16.6. The highest BCUT2D eigenvalue weighted by molar-refractivity contribution is 9.10. The zero-order valence-electron chi connectivity index (χ0n) is 18.1. The van der Waals surface area contributed by atoms with Crippen LogP contribution >= 0.6 is 27.7 Å². The van der Waals surface area contributed by atoms with Crippen molar-refractivity contribution in [2.24, 2.45) is 0 Å². The lowest BCUT2D eigenvalue weighted by molar-refractivity contribution is -0.123. The molecule has 4 aromatic rings. The quantitative estimate of drug-likeness (QED) is 0.244. The fourth-order valence-corrected chi connectivity index (χ4v) is 5.13. The van der Waals surface area contributed by atoms with Crippen LogP contribution in [0.4, 0.5) is 4.79 Å². The molecule has 0 atom stereocenters. The van der Waals surface area contributed by atoms with E-state index in [1.54, 1.807) is 6.08 Å². The predicted molar refractivity (Wildman–Crippen MR) is 140 cm³/mol. The summed E-state index contributed by atoms with van der Waals surface area (Å²) in [4.78, 5) is 27.0. The summed E-state index contributed by atoms with van der Waals surface area (Å²) in [6.07, 6.45) is 1.75. The van der Waals surface area contributed by atoms with Gasteiger partial charge in [-0.3, -0.25) is 14.5 Å². The fourth-order valence-electron chi connectivity index (χ4n) is 3.85. The SMILES string of the molecule is O=C1S/C(=C/c2ccc(OCc3cccc4ccccc34)cc2)C(=O)N1Cc1cccc(Br)c1. The van der Waals surface area contributed by atoms with Gasteiger partial charge >= 0.3 is 0 Å². The van der Waals surface area contributed by atoms with Gasteiger partial charge < -0.3 is 4.74 Å². The number of benzene rings is 4. The van der Waals surface area contributed by atoms with Gasteiger partial charge in [0.2, 0.25) is 0 Å². The largest absolute Gasteiger partial charge is 0.489 e. The van der Waals surface area contributed by atoms with E-state index in [-0.39, 0.29) is 17.7 Å². The molecule has 0 aliphatic carbocycles. The average molecular weight is 530 g/mol. The summed E-state index contributed by atoms with van der Waals surface area (Å²) in [7, 11) is 0. The minimum Gasteiger partial charge on any atom is -0.489 e. The molecule has 1 saturated heterocycles. The number of hydrogen-bond acceptors (Lipinski definition) is 4. The molecule has 1 fully saturated rings. The molecule has 0 radical (unpaired) electrons. The lowest BCUT2D eigenvalue weighted by Crippen LogP contribution is -2.27. The monoisotopic (exact) mass is 529 g/mol. The summed E-state index contributed by atoms with van der Waals surface area (Å²) < 4.78 is 6.91. The van der Waals surface area contributed by atoms with Gasteiger partial charge in [-0.05, 0) is 69.6 Å². The van der Waals surface area contributed by atoms with Gasteiger partial charge in [-0.25, -0.2) is 0 Å². The third-order valence-corrected chi connectivity index (χ3v) is 6.96. The van der Waals surface area contributed by atoms with Crippen LogP contribution in [-0.4, -0.2) is 16.0 Å². The number of carbonyl (C=O) groups is 2. The standard InChI is InChI=1S/C28H20BrNO3S/c29-23-9-3-5-20(15-23)17-30-27(31)26(34-28(30)32)16-19-11-13-24(14-12-19)33-18-22-8-4-7-21-6-1-2-10-25(21)22/h1-16H,17-18H2/b26-16+. The number of rotatable bonds is 6.